The highest BCUT2D eigenvalue weighted by atomic mass is 16.5. The third kappa shape index (κ3) is 4.83. The van der Waals surface area contributed by atoms with E-state index in [-0.39, 0.29) is 30.8 Å². The highest BCUT2D eigenvalue weighted by Gasteiger charge is 2.42. The number of nitrogens with one attached hydrogen (secondary N) is 1. The van der Waals surface area contributed by atoms with Gasteiger partial charge in [0.15, 0.2) is 12.2 Å². The maximum atomic E-state index is 13.3. The number of likely N-dealkylation sites (tertiary alicyclic amines) is 1. The van der Waals surface area contributed by atoms with Gasteiger partial charge in [-0.05, 0) is 25.8 Å². The second-order valence-corrected chi connectivity index (χ2v) is 8.45. The van der Waals surface area contributed by atoms with E-state index in [2.05, 4.69) is 15.5 Å². The Morgan fingerprint density at radius 3 is 2.67 bits per heavy atom. The molecular weight excluding hydrogens is 424 g/mol. The Bertz CT molecular complexity index is 1090. The van der Waals surface area contributed by atoms with Crippen LogP contribution in [0.1, 0.15) is 55.7 Å². The van der Waals surface area contributed by atoms with Gasteiger partial charge in [0.25, 0.3) is 0 Å². The summed E-state index contributed by atoms with van der Waals surface area (Å²) >= 11 is 0. The quantitative estimate of drug-likeness (QED) is 0.565. The average Bonchev–Trinajstić information content (AvgIpc) is 3.56. The first-order chi connectivity index (χ1) is 15.9. The number of aromatic nitrogens is 2. The molecule has 1 aliphatic rings. The molecular formula is C24H28N4O5. The number of aryl methyl sites for hydroxylation is 1. The van der Waals surface area contributed by atoms with Gasteiger partial charge in [0.1, 0.15) is 11.8 Å². The van der Waals surface area contributed by atoms with Crippen molar-refractivity contribution in [2.75, 3.05) is 6.54 Å². The van der Waals surface area contributed by atoms with Crippen LogP contribution in [0.2, 0.25) is 0 Å². The monoisotopic (exact) mass is 452 g/mol. The van der Waals surface area contributed by atoms with Crippen molar-refractivity contribution in [3.63, 3.8) is 0 Å². The van der Waals surface area contributed by atoms with Gasteiger partial charge in [-0.1, -0.05) is 36.3 Å². The third-order valence-electron chi connectivity index (χ3n) is 6.05. The lowest BCUT2D eigenvalue weighted by atomic mass is 10.0. The van der Waals surface area contributed by atoms with E-state index in [1.807, 2.05) is 38.1 Å². The fraction of sp³-hybridized carbons (Fsp3) is 0.417. The molecule has 1 saturated heterocycles. The number of carbonyl (C=O) groups excluding carboxylic acids is 2. The molecule has 2 amide bonds. The molecule has 33 heavy (non-hydrogen) atoms. The van der Waals surface area contributed by atoms with Crippen LogP contribution >= 0.6 is 0 Å². The number of aliphatic hydroxyl groups is 1. The van der Waals surface area contributed by atoms with Crippen molar-refractivity contribution >= 4 is 11.8 Å². The van der Waals surface area contributed by atoms with Gasteiger partial charge in [0.05, 0.1) is 30.0 Å². The van der Waals surface area contributed by atoms with E-state index >= 15 is 0 Å². The molecule has 9 heteroatoms. The molecule has 0 radical (unpaired) electrons. The molecule has 3 heterocycles. The summed E-state index contributed by atoms with van der Waals surface area (Å²) in [4.78, 5) is 31.8. The van der Waals surface area contributed by atoms with E-state index in [1.165, 1.54) is 11.3 Å². The lowest BCUT2D eigenvalue weighted by Gasteiger charge is -2.28. The molecule has 0 spiro atoms. The standard InChI is InChI=1S/C24H28N4O5/c1-4-19(21-9-14(2)27-33-21)24(31)28-12-18(29)10-20(28)23(30)26-15(3)16-5-7-17(8-6-16)22-11-25-13-32-22/h5-9,11,13,15,18-20,29H,4,10,12H2,1-3H3,(H,26,30)/t15-,18+,19?,20-/m0/s1. The van der Waals surface area contributed by atoms with Crippen molar-refractivity contribution in [1.82, 2.24) is 20.4 Å². The van der Waals surface area contributed by atoms with E-state index in [1.54, 1.807) is 19.2 Å². The fourth-order valence-electron chi connectivity index (χ4n) is 4.24. The van der Waals surface area contributed by atoms with Gasteiger partial charge >= 0.3 is 0 Å². The number of carbonyl (C=O) groups is 2. The van der Waals surface area contributed by atoms with E-state index in [4.69, 9.17) is 8.94 Å². The molecule has 1 fully saturated rings. The minimum Gasteiger partial charge on any atom is -0.444 e. The van der Waals surface area contributed by atoms with Crippen LogP contribution in [0, 0.1) is 6.92 Å². The van der Waals surface area contributed by atoms with Crippen molar-refractivity contribution in [3.05, 3.63) is 59.9 Å². The number of hydrogen-bond donors (Lipinski definition) is 2. The van der Waals surface area contributed by atoms with Gasteiger partial charge in [-0.25, -0.2) is 4.98 Å². The van der Waals surface area contributed by atoms with Crippen LogP contribution < -0.4 is 5.32 Å². The summed E-state index contributed by atoms with van der Waals surface area (Å²) in [5.74, 6) is 0.0538. The topological polar surface area (TPSA) is 122 Å². The van der Waals surface area contributed by atoms with Crippen molar-refractivity contribution in [1.29, 1.82) is 0 Å². The molecule has 4 atom stereocenters. The summed E-state index contributed by atoms with van der Waals surface area (Å²) in [5, 5.41) is 17.1. The molecule has 1 unspecified atom stereocenters. The first-order valence-electron chi connectivity index (χ1n) is 11.1. The van der Waals surface area contributed by atoms with Crippen LogP contribution in [-0.2, 0) is 9.59 Å². The summed E-state index contributed by atoms with van der Waals surface area (Å²) in [6, 6.07) is 8.33. The van der Waals surface area contributed by atoms with Crippen LogP contribution in [0.4, 0.5) is 0 Å². The maximum Gasteiger partial charge on any atom is 0.243 e. The van der Waals surface area contributed by atoms with Gasteiger partial charge in [0.2, 0.25) is 11.8 Å². The number of amides is 2. The molecule has 2 aromatic heterocycles. The van der Waals surface area contributed by atoms with Gasteiger partial charge < -0.3 is 24.3 Å². The number of aliphatic hydroxyl groups excluding tert-OH is 1. The number of oxazole rings is 1. The highest BCUT2D eigenvalue weighted by Crippen LogP contribution is 2.29. The van der Waals surface area contributed by atoms with Gasteiger partial charge in [-0.2, -0.15) is 0 Å². The highest BCUT2D eigenvalue weighted by molar-refractivity contribution is 5.91. The van der Waals surface area contributed by atoms with Crippen LogP contribution in [0.3, 0.4) is 0 Å². The zero-order chi connectivity index (χ0) is 23.5. The number of benzene rings is 1. The number of rotatable bonds is 7. The summed E-state index contributed by atoms with van der Waals surface area (Å²) in [7, 11) is 0. The first-order valence-corrected chi connectivity index (χ1v) is 11.1. The summed E-state index contributed by atoms with van der Waals surface area (Å²) in [6.07, 6.45) is 2.96. The van der Waals surface area contributed by atoms with E-state index in [0.29, 0.717) is 23.6 Å². The van der Waals surface area contributed by atoms with E-state index < -0.39 is 18.1 Å². The number of hydrogen-bond acceptors (Lipinski definition) is 7. The Hall–Kier alpha value is -3.46. The molecule has 0 aliphatic carbocycles. The van der Waals surface area contributed by atoms with Crippen molar-refractivity contribution in [3.8, 4) is 11.3 Å². The third-order valence-corrected chi connectivity index (χ3v) is 6.05. The Labute approximate surface area is 191 Å². The van der Waals surface area contributed by atoms with Crippen LogP contribution in [0.25, 0.3) is 11.3 Å². The number of nitrogens with zero attached hydrogens (tertiary/aromatic N) is 3. The minimum absolute atomic E-state index is 0.112. The molecule has 0 saturated carbocycles. The van der Waals surface area contributed by atoms with Crippen LogP contribution in [-0.4, -0.2) is 50.7 Å². The smallest absolute Gasteiger partial charge is 0.243 e. The molecule has 0 bridgehead atoms. The SMILES string of the molecule is CCC(C(=O)N1C[C@H](O)C[C@H]1C(=O)N[C@@H](C)c1ccc(-c2cnco2)cc1)c1cc(C)no1. The lowest BCUT2D eigenvalue weighted by Crippen LogP contribution is -2.47. The Morgan fingerprint density at radius 1 is 1.30 bits per heavy atom. The van der Waals surface area contributed by atoms with Crippen LogP contribution in [0.5, 0.6) is 0 Å². The molecule has 1 aliphatic heterocycles. The number of β-amino-alcohol motifs (C(OH)–C–C–N with tert-alkyl or cyclic N) is 1. The maximum absolute atomic E-state index is 13.3. The Morgan fingerprint density at radius 2 is 2.06 bits per heavy atom. The molecule has 9 nitrogen and oxygen atoms in total. The molecule has 2 N–H and O–H groups in total. The van der Waals surface area contributed by atoms with Crippen molar-refractivity contribution in [2.24, 2.45) is 0 Å². The average molecular weight is 453 g/mol. The normalized spacial score (nSPS) is 19.9. The first kappa shape index (κ1) is 22.7. The predicted octanol–water partition coefficient (Wildman–Crippen LogP) is 2.97. The van der Waals surface area contributed by atoms with Gasteiger partial charge in [-0.3, -0.25) is 9.59 Å². The summed E-state index contributed by atoms with van der Waals surface area (Å²) in [6.45, 7) is 5.66. The van der Waals surface area contributed by atoms with Crippen LogP contribution in [0.15, 0.2) is 51.9 Å². The second kappa shape index (κ2) is 9.58. The lowest BCUT2D eigenvalue weighted by molar-refractivity contribution is -0.140. The molecule has 3 aromatic rings. The fourth-order valence-corrected chi connectivity index (χ4v) is 4.24. The second-order valence-electron chi connectivity index (χ2n) is 8.45. The van der Waals surface area contributed by atoms with Crippen molar-refractivity contribution in [2.45, 2.75) is 57.7 Å². The Kier molecular flexibility index (Phi) is 6.60. The zero-order valence-corrected chi connectivity index (χ0v) is 18.9. The largest absolute Gasteiger partial charge is 0.444 e. The van der Waals surface area contributed by atoms with Gasteiger partial charge in [0, 0.05) is 24.6 Å². The van der Waals surface area contributed by atoms with Crippen molar-refractivity contribution < 1.29 is 23.6 Å². The van der Waals surface area contributed by atoms with E-state index in [9.17, 15) is 14.7 Å². The summed E-state index contributed by atoms with van der Waals surface area (Å²) < 4.78 is 10.6. The van der Waals surface area contributed by atoms with E-state index in [0.717, 1.165) is 11.1 Å². The Balaban J connectivity index is 1.45. The minimum atomic E-state index is -0.754. The van der Waals surface area contributed by atoms with Gasteiger partial charge in [-0.15, -0.1) is 0 Å². The molecule has 174 valence electrons. The molecule has 1 aromatic carbocycles. The summed E-state index contributed by atoms with van der Waals surface area (Å²) in [5.41, 5.74) is 2.49. The molecule has 4 rings (SSSR count). The zero-order valence-electron chi connectivity index (χ0n) is 18.9. The predicted molar refractivity (Wildman–Crippen MR) is 119 cm³/mol.